The van der Waals surface area contributed by atoms with Crippen LogP contribution >= 0.6 is 0 Å². The minimum absolute atomic E-state index is 0.192. The Hall–Kier alpha value is -2.44. The lowest BCUT2D eigenvalue weighted by molar-refractivity contribution is 0.0696. The van der Waals surface area contributed by atoms with Gasteiger partial charge < -0.3 is 5.11 Å². The van der Waals surface area contributed by atoms with Crippen LogP contribution in [0.15, 0.2) is 23.0 Å². The van der Waals surface area contributed by atoms with Crippen LogP contribution in [0.25, 0.3) is 11.3 Å². The first-order chi connectivity index (χ1) is 8.00. The summed E-state index contributed by atoms with van der Waals surface area (Å²) in [5, 5.41) is 13.1. The van der Waals surface area contributed by atoms with E-state index >= 15 is 0 Å². The molecule has 2 rings (SSSR count). The number of aromatic amines is 2. The van der Waals surface area contributed by atoms with Gasteiger partial charge in [-0.25, -0.2) is 13.6 Å². The zero-order valence-corrected chi connectivity index (χ0v) is 8.25. The van der Waals surface area contributed by atoms with Crippen LogP contribution in [-0.2, 0) is 0 Å². The number of halogens is 2. The highest BCUT2D eigenvalue weighted by Crippen LogP contribution is 2.23. The summed E-state index contributed by atoms with van der Waals surface area (Å²) in [6, 6.07) is 2.62. The molecule has 2 aromatic rings. The third kappa shape index (κ3) is 1.82. The summed E-state index contributed by atoms with van der Waals surface area (Å²) in [5.41, 5.74) is -1.91. The Morgan fingerprint density at radius 3 is 2.53 bits per heavy atom. The van der Waals surface area contributed by atoms with Crippen LogP contribution in [-0.4, -0.2) is 21.3 Å². The van der Waals surface area contributed by atoms with Crippen molar-refractivity contribution in [3.8, 4) is 11.3 Å². The van der Waals surface area contributed by atoms with E-state index in [9.17, 15) is 18.4 Å². The van der Waals surface area contributed by atoms with Gasteiger partial charge in [0.15, 0.2) is 5.56 Å². The Morgan fingerprint density at radius 1 is 1.24 bits per heavy atom. The van der Waals surface area contributed by atoms with Crippen LogP contribution in [0.5, 0.6) is 0 Å². The molecule has 0 aliphatic carbocycles. The summed E-state index contributed by atoms with van der Waals surface area (Å²) in [5.74, 6) is -3.24. The van der Waals surface area contributed by atoms with Crippen molar-refractivity contribution in [1.82, 2.24) is 10.2 Å². The molecular formula is C10H6F2N2O3. The Morgan fingerprint density at radius 2 is 1.94 bits per heavy atom. The van der Waals surface area contributed by atoms with Crippen LogP contribution in [0, 0.1) is 11.6 Å². The van der Waals surface area contributed by atoms with Gasteiger partial charge >= 0.3 is 5.97 Å². The fourth-order valence-corrected chi connectivity index (χ4v) is 1.46. The maximum Gasteiger partial charge on any atom is 0.343 e. The molecule has 0 aliphatic rings. The summed E-state index contributed by atoms with van der Waals surface area (Å²) < 4.78 is 26.1. The number of benzene rings is 1. The summed E-state index contributed by atoms with van der Waals surface area (Å²) in [6.45, 7) is 0. The molecule has 0 saturated heterocycles. The first kappa shape index (κ1) is 11.1. The second-order valence-corrected chi connectivity index (χ2v) is 3.26. The van der Waals surface area contributed by atoms with Crippen molar-refractivity contribution in [2.75, 3.05) is 0 Å². The molecule has 1 aromatic heterocycles. The SMILES string of the molecule is O=C(O)c1c(-c2ccc(F)cc2F)[nH][nH]c1=O. The van der Waals surface area contributed by atoms with Gasteiger partial charge in [0.2, 0.25) is 0 Å². The number of nitrogens with one attached hydrogen (secondary N) is 2. The van der Waals surface area contributed by atoms with Gasteiger partial charge in [0.05, 0.1) is 5.69 Å². The summed E-state index contributed by atoms with van der Waals surface area (Å²) in [6.07, 6.45) is 0. The summed E-state index contributed by atoms with van der Waals surface area (Å²) in [7, 11) is 0. The van der Waals surface area contributed by atoms with Gasteiger partial charge in [0, 0.05) is 11.6 Å². The highest BCUT2D eigenvalue weighted by Gasteiger charge is 2.20. The molecule has 1 heterocycles. The number of carbonyl (C=O) groups is 1. The number of aromatic carboxylic acids is 1. The lowest BCUT2D eigenvalue weighted by Crippen LogP contribution is -2.12. The topological polar surface area (TPSA) is 85.9 Å². The van der Waals surface area contributed by atoms with E-state index in [4.69, 9.17) is 5.11 Å². The maximum absolute atomic E-state index is 13.4. The Labute approximate surface area is 92.7 Å². The molecule has 0 unspecified atom stereocenters. The fourth-order valence-electron chi connectivity index (χ4n) is 1.46. The number of hydrogen-bond acceptors (Lipinski definition) is 2. The number of carboxylic acids is 1. The van der Waals surface area contributed by atoms with E-state index in [-0.39, 0.29) is 11.3 Å². The average Bonchev–Trinajstić information content (AvgIpc) is 2.60. The van der Waals surface area contributed by atoms with Crippen molar-refractivity contribution in [2.45, 2.75) is 0 Å². The standard InChI is InChI=1S/C10H6F2N2O3/c11-4-1-2-5(6(12)3-4)8-7(10(16)17)9(15)14-13-8/h1-3H,(H,16,17)(H2,13,14,15). The van der Waals surface area contributed by atoms with Crippen LogP contribution in [0.4, 0.5) is 8.78 Å². The molecule has 5 nitrogen and oxygen atoms in total. The lowest BCUT2D eigenvalue weighted by Gasteiger charge is -2.01. The number of hydrogen-bond donors (Lipinski definition) is 3. The fraction of sp³-hybridized carbons (Fsp3) is 0. The Bertz CT molecular complexity index is 645. The van der Waals surface area contributed by atoms with E-state index in [1.807, 2.05) is 5.10 Å². The molecule has 88 valence electrons. The number of rotatable bonds is 2. The second kappa shape index (κ2) is 3.85. The molecule has 17 heavy (non-hydrogen) atoms. The van der Waals surface area contributed by atoms with Crippen LogP contribution in [0.2, 0.25) is 0 Å². The maximum atomic E-state index is 13.4. The highest BCUT2D eigenvalue weighted by molar-refractivity contribution is 5.94. The number of aromatic nitrogens is 2. The molecule has 1 aromatic carbocycles. The van der Waals surface area contributed by atoms with Crippen LogP contribution in [0.1, 0.15) is 10.4 Å². The first-order valence-electron chi connectivity index (χ1n) is 4.50. The smallest absolute Gasteiger partial charge is 0.343 e. The molecule has 0 radical (unpaired) electrons. The molecule has 3 N–H and O–H groups in total. The Balaban J connectivity index is 2.69. The van der Waals surface area contributed by atoms with Crippen molar-refractivity contribution in [2.24, 2.45) is 0 Å². The predicted molar refractivity (Wildman–Crippen MR) is 53.7 cm³/mol. The van der Waals surface area contributed by atoms with Gasteiger partial charge in [0.1, 0.15) is 11.6 Å². The average molecular weight is 240 g/mol. The largest absolute Gasteiger partial charge is 0.477 e. The van der Waals surface area contributed by atoms with Crippen molar-refractivity contribution in [3.05, 3.63) is 45.8 Å². The van der Waals surface area contributed by atoms with Gasteiger partial charge in [-0.05, 0) is 12.1 Å². The number of H-pyrrole nitrogens is 2. The first-order valence-corrected chi connectivity index (χ1v) is 4.50. The molecule has 0 amide bonds. The van der Waals surface area contributed by atoms with Crippen LogP contribution in [0.3, 0.4) is 0 Å². The normalized spacial score (nSPS) is 10.5. The molecular weight excluding hydrogens is 234 g/mol. The minimum Gasteiger partial charge on any atom is -0.477 e. The molecule has 7 heteroatoms. The van der Waals surface area contributed by atoms with E-state index in [2.05, 4.69) is 5.10 Å². The summed E-state index contributed by atoms with van der Waals surface area (Å²) >= 11 is 0. The molecule has 0 aliphatic heterocycles. The summed E-state index contributed by atoms with van der Waals surface area (Å²) in [4.78, 5) is 22.0. The molecule has 0 saturated carbocycles. The quantitative estimate of drug-likeness (QED) is 0.740. The number of carboxylic acid groups (broad SMARTS) is 1. The van der Waals surface area contributed by atoms with Gasteiger partial charge in [0.25, 0.3) is 5.56 Å². The van der Waals surface area contributed by atoms with Gasteiger partial charge in [-0.3, -0.25) is 15.0 Å². The van der Waals surface area contributed by atoms with Crippen molar-refractivity contribution in [3.63, 3.8) is 0 Å². The van der Waals surface area contributed by atoms with E-state index < -0.39 is 28.7 Å². The third-order valence-electron chi connectivity index (χ3n) is 2.19. The van der Waals surface area contributed by atoms with E-state index in [1.54, 1.807) is 0 Å². The second-order valence-electron chi connectivity index (χ2n) is 3.26. The highest BCUT2D eigenvalue weighted by atomic mass is 19.1. The Kier molecular flexibility index (Phi) is 2.51. The monoisotopic (exact) mass is 240 g/mol. The molecule has 0 fully saturated rings. The molecule has 0 atom stereocenters. The zero-order chi connectivity index (χ0) is 12.6. The van der Waals surface area contributed by atoms with Crippen molar-refractivity contribution in [1.29, 1.82) is 0 Å². The zero-order valence-electron chi connectivity index (χ0n) is 8.25. The van der Waals surface area contributed by atoms with E-state index in [1.165, 1.54) is 0 Å². The third-order valence-corrected chi connectivity index (χ3v) is 2.19. The van der Waals surface area contributed by atoms with Crippen molar-refractivity contribution >= 4 is 5.97 Å². The van der Waals surface area contributed by atoms with E-state index in [0.717, 1.165) is 12.1 Å². The lowest BCUT2D eigenvalue weighted by atomic mass is 10.1. The minimum atomic E-state index is -1.49. The van der Waals surface area contributed by atoms with Crippen LogP contribution < -0.4 is 5.56 Å². The predicted octanol–water partition coefficient (Wildman–Crippen LogP) is 1.35. The molecule has 0 bridgehead atoms. The van der Waals surface area contributed by atoms with Crippen molar-refractivity contribution < 1.29 is 18.7 Å². The van der Waals surface area contributed by atoms with Gasteiger partial charge in [-0.1, -0.05) is 0 Å². The van der Waals surface area contributed by atoms with Gasteiger partial charge in [-0.15, -0.1) is 0 Å². The van der Waals surface area contributed by atoms with E-state index in [0.29, 0.717) is 6.07 Å². The molecule has 0 spiro atoms. The van der Waals surface area contributed by atoms with Gasteiger partial charge in [-0.2, -0.15) is 0 Å².